The minimum Gasteiger partial charge on any atom is -0.424 e. The number of hydrogen-bond donors (Lipinski definition) is 1. The van der Waals surface area contributed by atoms with Crippen molar-refractivity contribution in [2.45, 2.75) is 26.4 Å². The van der Waals surface area contributed by atoms with E-state index >= 15 is 0 Å². The van der Waals surface area contributed by atoms with Crippen molar-refractivity contribution in [1.82, 2.24) is 10.2 Å². The number of nitrogens with one attached hydrogen (secondary N) is 1. The predicted octanol–water partition coefficient (Wildman–Crippen LogP) is 2.20. The van der Waals surface area contributed by atoms with E-state index in [-0.39, 0.29) is 0 Å². The van der Waals surface area contributed by atoms with Gasteiger partial charge in [0.1, 0.15) is 0 Å². The van der Waals surface area contributed by atoms with Gasteiger partial charge in [-0.15, -0.1) is 10.2 Å². The first-order chi connectivity index (χ1) is 8.74. The van der Waals surface area contributed by atoms with E-state index in [0.29, 0.717) is 24.4 Å². The van der Waals surface area contributed by atoms with Crippen LogP contribution in [0.15, 0.2) is 28.7 Å². The predicted molar refractivity (Wildman–Crippen MR) is 69.6 cm³/mol. The molecule has 3 rings (SSSR count). The lowest BCUT2D eigenvalue weighted by Crippen LogP contribution is -2.41. The topological polar surface area (TPSA) is 54.2 Å². The number of nitrogens with zero attached hydrogens (tertiary/aromatic N) is 3. The first kappa shape index (κ1) is 11.1. The third kappa shape index (κ3) is 1.92. The number of aryl methyl sites for hydroxylation is 1. The normalized spacial score (nSPS) is 18.3. The summed E-state index contributed by atoms with van der Waals surface area (Å²) in [5.41, 5.74) is 2.35. The van der Waals surface area contributed by atoms with Crippen molar-refractivity contribution in [2.24, 2.45) is 0 Å². The molecule has 1 aliphatic rings. The summed E-state index contributed by atoms with van der Waals surface area (Å²) in [4.78, 5) is 2.29. The summed E-state index contributed by atoms with van der Waals surface area (Å²) >= 11 is 0. The SMILES string of the molecule is Cc1nnc(CN2c3ccccc3NCC2C)o1. The second kappa shape index (κ2) is 4.33. The zero-order valence-electron chi connectivity index (χ0n) is 10.6. The molecule has 1 aromatic heterocycles. The van der Waals surface area contributed by atoms with E-state index in [1.807, 2.05) is 19.1 Å². The van der Waals surface area contributed by atoms with Crippen molar-refractivity contribution in [3.63, 3.8) is 0 Å². The second-order valence-corrected chi connectivity index (χ2v) is 4.59. The molecule has 94 valence electrons. The molecule has 5 heteroatoms. The van der Waals surface area contributed by atoms with Gasteiger partial charge in [0.15, 0.2) is 0 Å². The lowest BCUT2D eigenvalue weighted by atomic mass is 10.1. The fraction of sp³-hybridized carbons (Fsp3) is 0.385. The molecule has 0 aliphatic carbocycles. The average molecular weight is 244 g/mol. The Kier molecular flexibility index (Phi) is 2.66. The highest BCUT2D eigenvalue weighted by atomic mass is 16.4. The minimum atomic E-state index is 0.395. The number of fused-ring (bicyclic) bond motifs is 1. The van der Waals surface area contributed by atoms with Crippen LogP contribution in [0, 0.1) is 6.92 Å². The molecule has 18 heavy (non-hydrogen) atoms. The number of para-hydroxylation sites is 2. The summed E-state index contributed by atoms with van der Waals surface area (Å²) in [7, 11) is 0. The molecule has 0 radical (unpaired) electrons. The molecule has 0 saturated heterocycles. The molecule has 5 nitrogen and oxygen atoms in total. The van der Waals surface area contributed by atoms with Gasteiger partial charge < -0.3 is 14.6 Å². The molecule has 0 saturated carbocycles. The standard InChI is InChI=1S/C13H16N4O/c1-9-7-14-11-5-3-4-6-12(11)17(9)8-13-16-15-10(2)18-13/h3-6,9,14H,7-8H2,1-2H3. The molecule has 0 fully saturated rings. The fourth-order valence-electron chi connectivity index (χ4n) is 2.27. The fourth-order valence-corrected chi connectivity index (χ4v) is 2.27. The summed E-state index contributed by atoms with van der Waals surface area (Å²) in [6, 6.07) is 8.68. The van der Waals surface area contributed by atoms with Crippen LogP contribution in [-0.2, 0) is 6.54 Å². The Morgan fingerprint density at radius 2 is 2.22 bits per heavy atom. The lowest BCUT2D eigenvalue weighted by molar-refractivity contribution is 0.453. The highest BCUT2D eigenvalue weighted by molar-refractivity contribution is 5.72. The van der Waals surface area contributed by atoms with Crippen LogP contribution in [0.25, 0.3) is 0 Å². The van der Waals surface area contributed by atoms with Gasteiger partial charge in [0, 0.05) is 19.5 Å². The van der Waals surface area contributed by atoms with Crippen LogP contribution in [0.1, 0.15) is 18.7 Å². The van der Waals surface area contributed by atoms with Gasteiger partial charge in [-0.25, -0.2) is 0 Å². The average Bonchev–Trinajstić information content (AvgIpc) is 2.79. The Morgan fingerprint density at radius 3 is 3.00 bits per heavy atom. The number of benzene rings is 1. The van der Waals surface area contributed by atoms with E-state index < -0.39 is 0 Å². The molecule has 1 aliphatic heterocycles. The highest BCUT2D eigenvalue weighted by Crippen LogP contribution is 2.31. The summed E-state index contributed by atoms with van der Waals surface area (Å²) in [6.45, 7) is 5.57. The molecule has 1 atom stereocenters. The van der Waals surface area contributed by atoms with E-state index in [1.54, 1.807) is 0 Å². The molecular formula is C13H16N4O. The van der Waals surface area contributed by atoms with Crippen molar-refractivity contribution in [1.29, 1.82) is 0 Å². The third-order valence-corrected chi connectivity index (χ3v) is 3.21. The smallest absolute Gasteiger partial charge is 0.235 e. The van der Waals surface area contributed by atoms with Crippen molar-refractivity contribution < 1.29 is 4.42 Å². The van der Waals surface area contributed by atoms with Gasteiger partial charge >= 0.3 is 0 Å². The molecule has 2 heterocycles. The van der Waals surface area contributed by atoms with Gasteiger partial charge in [-0.05, 0) is 19.1 Å². The van der Waals surface area contributed by atoms with Crippen LogP contribution in [0.5, 0.6) is 0 Å². The zero-order valence-corrected chi connectivity index (χ0v) is 10.6. The monoisotopic (exact) mass is 244 g/mol. The molecule has 1 aromatic carbocycles. The zero-order chi connectivity index (χ0) is 12.5. The minimum absolute atomic E-state index is 0.395. The maximum Gasteiger partial charge on any atom is 0.235 e. The summed E-state index contributed by atoms with van der Waals surface area (Å²) < 4.78 is 5.47. The molecule has 2 aromatic rings. The first-order valence-corrected chi connectivity index (χ1v) is 6.12. The van der Waals surface area contributed by atoms with Gasteiger partial charge in [-0.2, -0.15) is 0 Å². The van der Waals surface area contributed by atoms with Gasteiger partial charge in [0.2, 0.25) is 11.8 Å². The molecular weight excluding hydrogens is 228 g/mol. The van der Waals surface area contributed by atoms with Gasteiger partial charge in [0.05, 0.1) is 17.9 Å². The number of anilines is 2. The highest BCUT2D eigenvalue weighted by Gasteiger charge is 2.23. The molecule has 1 unspecified atom stereocenters. The summed E-state index contributed by atoms with van der Waals surface area (Å²) in [5, 5.41) is 11.4. The maximum absolute atomic E-state index is 5.47. The van der Waals surface area contributed by atoms with Crippen LogP contribution in [0.3, 0.4) is 0 Å². The van der Waals surface area contributed by atoms with Gasteiger partial charge in [-0.3, -0.25) is 0 Å². The van der Waals surface area contributed by atoms with Gasteiger partial charge in [0.25, 0.3) is 0 Å². The van der Waals surface area contributed by atoms with Crippen LogP contribution >= 0.6 is 0 Å². The number of aromatic nitrogens is 2. The molecule has 0 bridgehead atoms. The third-order valence-electron chi connectivity index (χ3n) is 3.21. The summed E-state index contributed by atoms with van der Waals surface area (Å²) in [5.74, 6) is 1.28. The maximum atomic E-state index is 5.47. The number of hydrogen-bond acceptors (Lipinski definition) is 5. The van der Waals surface area contributed by atoms with E-state index in [0.717, 1.165) is 12.2 Å². The molecule has 0 amide bonds. The van der Waals surface area contributed by atoms with Crippen LogP contribution < -0.4 is 10.2 Å². The molecule has 0 spiro atoms. The first-order valence-electron chi connectivity index (χ1n) is 6.12. The van der Waals surface area contributed by atoms with Crippen molar-refractivity contribution >= 4 is 11.4 Å². The van der Waals surface area contributed by atoms with Crippen molar-refractivity contribution in [3.8, 4) is 0 Å². The Morgan fingerprint density at radius 1 is 1.39 bits per heavy atom. The Bertz CT molecular complexity index is 551. The van der Waals surface area contributed by atoms with Gasteiger partial charge in [-0.1, -0.05) is 12.1 Å². The summed E-state index contributed by atoms with van der Waals surface area (Å²) in [6.07, 6.45) is 0. The van der Waals surface area contributed by atoms with E-state index in [4.69, 9.17) is 4.42 Å². The van der Waals surface area contributed by atoms with E-state index in [2.05, 4.69) is 39.5 Å². The Balaban J connectivity index is 1.91. The van der Waals surface area contributed by atoms with Crippen molar-refractivity contribution in [2.75, 3.05) is 16.8 Å². The number of rotatable bonds is 2. The largest absolute Gasteiger partial charge is 0.424 e. The van der Waals surface area contributed by atoms with Crippen molar-refractivity contribution in [3.05, 3.63) is 36.0 Å². The van der Waals surface area contributed by atoms with Crippen LogP contribution in [0.4, 0.5) is 11.4 Å². The Hall–Kier alpha value is -2.04. The quantitative estimate of drug-likeness (QED) is 0.877. The van der Waals surface area contributed by atoms with Crippen LogP contribution in [-0.4, -0.2) is 22.8 Å². The van der Waals surface area contributed by atoms with Crippen LogP contribution in [0.2, 0.25) is 0 Å². The van der Waals surface area contributed by atoms with E-state index in [1.165, 1.54) is 5.69 Å². The molecule has 1 N–H and O–H groups in total. The Labute approximate surface area is 106 Å². The van der Waals surface area contributed by atoms with E-state index in [9.17, 15) is 0 Å². The lowest BCUT2D eigenvalue weighted by Gasteiger charge is -2.36. The second-order valence-electron chi connectivity index (χ2n) is 4.59.